The Kier molecular flexibility index (Phi) is 7.03. The van der Waals surface area contributed by atoms with E-state index in [1.807, 2.05) is 47.6 Å². The largest absolute Gasteiger partial charge is 0.511 e. The lowest BCUT2D eigenvalue weighted by atomic mass is 9.44. The van der Waals surface area contributed by atoms with Crippen LogP contribution >= 0.6 is 0 Å². The van der Waals surface area contributed by atoms with E-state index in [0.29, 0.717) is 24.0 Å². The molecular formula is C33H42O7. The molecule has 1 unspecified atom stereocenters. The van der Waals surface area contributed by atoms with Crippen molar-refractivity contribution >= 4 is 17.3 Å². The molecule has 216 valence electrons. The van der Waals surface area contributed by atoms with Crippen LogP contribution in [0.15, 0.2) is 40.9 Å². The van der Waals surface area contributed by atoms with E-state index in [-0.39, 0.29) is 47.3 Å². The maximum atomic E-state index is 14.3. The Balaban J connectivity index is 2.06. The number of fused-ring (bicyclic) bond motifs is 3. The zero-order chi connectivity index (χ0) is 30.3. The van der Waals surface area contributed by atoms with E-state index in [0.717, 1.165) is 18.1 Å². The topological polar surface area (TPSA) is 132 Å². The average molecular weight is 551 g/mol. The van der Waals surface area contributed by atoms with Crippen molar-refractivity contribution in [3.63, 3.8) is 0 Å². The minimum absolute atomic E-state index is 0.0364. The van der Waals surface area contributed by atoms with Gasteiger partial charge in [0, 0.05) is 22.3 Å². The Morgan fingerprint density at radius 1 is 1.10 bits per heavy atom. The minimum atomic E-state index is -2.61. The number of hydrogen-bond acceptors (Lipinski definition) is 7. The van der Waals surface area contributed by atoms with E-state index in [4.69, 9.17) is 0 Å². The molecule has 0 amide bonds. The SMILES string of the molecule is C=C(C)CCc1cc(C(C)C)c2c(c1O)C(=O)C1=C(O)[C@@]3(O)C(=O)C(C(C)=O)=C(O)C(C(C)C)[C@@]3(C)C[C@@]1(C)C2. The van der Waals surface area contributed by atoms with Crippen LogP contribution in [0.3, 0.4) is 0 Å². The molecule has 7 heteroatoms. The molecule has 40 heavy (non-hydrogen) atoms. The second-order valence-electron chi connectivity index (χ2n) is 13.4. The molecule has 0 saturated carbocycles. The third-order valence-electron chi connectivity index (χ3n) is 9.56. The van der Waals surface area contributed by atoms with Crippen molar-refractivity contribution in [1.29, 1.82) is 0 Å². The summed E-state index contributed by atoms with van der Waals surface area (Å²) < 4.78 is 0. The van der Waals surface area contributed by atoms with Gasteiger partial charge in [0.15, 0.2) is 17.2 Å². The smallest absolute Gasteiger partial charge is 0.209 e. The number of phenols is 1. The highest BCUT2D eigenvalue weighted by molar-refractivity contribution is 6.25. The third kappa shape index (κ3) is 3.84. The maximum absolute atomic E-state index is 14.3. The highest BCUT2D eigenvalue weighted by Gasteiger charge is 2.71. The molecule has 0 aromatic heterocycles. The van der Waals surface area contributed by atoms with Crippen LogP contribution < -0.4 is 0 Å². The van der Waals surface area contributed by atoms with Crippen LogP contribution in [0.1, 0.15) is 101 Å². The van der Waals surface area contributed by atoms with Gasteiger partial charge in [-0.2, -0.15) is 0 Å². The number of rotatable bonds is 6. The van der Waals surface area contributed by atoms with Gasteiger partial charge in [0.05, 0.1) is 5.56 Å². The first-order chi connectivity index (χ1) is 18.3. The molecule has 0 aliphatic heterocycles. The summed E-state index contributed by atoms with van der Waals surface area (Å²) >= 11 is 0. The van der Waals surface area contributed by atoms with E-state index in [1.165, 1.54) is 0 Å². The highest BCUT2D eigenvalue weighted by atomic mass is 16.3. The molecule has 0 bridgehead atoms. The summed E-state index contributed by atoms with van der Waals surface area (Å²) in [4.78, 5) is 40.7. The molecular weight excluding hydrogens is 508 g/mol. The molecule has 0 radical (unpaired) electrons. The van der Waals surface area contributed by atoms with Crippen molar-refractivity contribution in [1.82, 2.24) is 0 Å². The normalized spacial score (nSPS) is 30.0. The van der Waals surface area contributed by atoms with Crippen molar-refractivity contribution in [3.8, 4) is 5.75 Å². The van der Waals surface area contributed by atoms with E-state index in [9.17, 15) is 34.8 Å². The molecule has 1 aromatic carbocycles. The number of allylic oxidation sites excluding steroid dienone is 3. The number of phenolic OH excluding ortho intramolecular Hbond substituents is 1. The molecule has 0 spiro atoms. The molecule has 3 aliphatic rings. The fraction of sp³-hybridized carbons (Fsp3) is 0.545. The number of aromatic hydroxyl groups is 1. The average Bonchev–Trinajstić information content (AvgIpc) is 2.80. The lowest BCUT2D eigenvalue weighted by molar-refractivity contribution is -0.171. The molecule has 0 saturated heterocycles. The summed E-state index contributed by atoms with van der Waals surface area (Å²) in [5.41, 5.74) is -2.50. The first kappa shape index (κ1) is 29.8. The van der Waals surface area contributed by atoms with E-state index in [2.05, 4.69) is 6.58 Å². The molecule has 4 atom stereocenters. The molecule has 7 nitrogen and oxygen atoms in total. The van der Waals surface area contributed by atoms with Gasteiger partial charge in [0.1, 0.15) is 22.8 Å². The number of benzene rings is 1. The minimum Gasteiger partial charge on any atom is -0.511 e. The van der Waals surface area contributed by atoms with Crippen molar-refractivity contribution in [3.05, 3.63) is 63.1 Å². The van der Waals surface area contributed by atoms with Crippen LogP contribution in [-0.4, -0.2) is 43.4 Å². The number of aliphatic hydroxyl groups is 3. The quantitative estimate of drug-likeness (QED) is 0.253. The fourth-order valence-electron chi connectivity index (χ4n) is 7.94. The second kappa shape index (κ2) is 9.44. The first-order valence-electron chi connectivity index (χ1n) is 14.1. The van der Waals surface area contributed by atoms with Crippen LogP contribution in [-0.2, 0) is 22.4 Å². The van der Waals surface area contributed by atoms with Gasteiger partial charge in [-0.25, -0.2) is 0 Å². The summed E-state index contributed by atoms with van der Waals surface area (Å²) in [5, 5.41) is 46.6. The Hall–Kier alpha value is -3.19. The highest BCUT2D eigenvalue weighted by Crippen LogP contribution is 2.65. The lowest BCUT2D eigenvalue weighted by Crippen LogP contribution is -2.67. The van der Waals surface area contributed by atoms with Gasteiger partial charge in [0.2, 0.25) is 5.78 Å². The second-order valence-corrected chi connectivity index (χ2v) is 13.4. The Morgan fingerprint density at radius 2 is 1.70 bits per heavy atom. The lowest BCUT2D eigenvalue weighted by Gasteiger charge is -2.59. The first-order valence-corrected chi connectivity index (χ1v) is 14.1. The van der Waals surface area contributed by atoms with Crippen LogP contribution in [0.5, 0.6) is 5.75 Å². The van der Waals surface area contributed by atoms with E-state index < -0.39 is 51.0 Å². The molecule has 0 fully saturated rings. The Bertz CT molecular complexity index is 1420. The van der Waals surface area contributed by atoms with Crippen LogP contribution in [0.2, 0.25) is 0 Å². The molecule has 3 aliphatic carbocycles. The number of aryl methyl sites for hydroxylation is 1. The number of aliphatic hydroxyl groups excluding tert-OH is 2. The van der Waals surface area contributed by atoms with Gasteiger partial charge in [-0.1, -0.05) is 53.2 Å². The monoisotopic (exact) mass is 550 g/mol. The van der Waals surface area contributed by atoms with Gasteiger partial charge in [-0.15, -0.1) is 6.58 Å². The Labute approximate surface area is 236 Å². The predicted octanol–water partition coefficient (Wildman–Crippen LogP) is 5.98. The van der Waals surface area contributed by atoms with Crippen molar-refractivity contribution < 1.29 is 34.8 Å². The van der Waals surface area contributed by atoms with Gasteiger partial charge >= 0.3 is 0 Å². The predicted molar refractivity (Wildman–Crippen MR) is 152 cm³/mol. The zero-order valence-electron chi connectivity index (χ0n) is 24.9. The van der Waals surface area contributed by atoms with Crippen LogP contribution in [0.25, 0.3) is 0 Å². The van der Waals surface area contributed by atoms with Crippen molar-refractivity contribution in [2.24, 2.45) is 22.7 Å². The number of carbonyl (C=O) groups excluding carboxylic acids is 3. The maximum Gasteiger partial charge on any atom is 0.209 e. The number of carbonyl (C=O) groups is 3. The molecule has 0 heterocycles. The summed E-state index contributed by atoms with van der Waals surface area (Å²) in [6.07, 6.45) is 1.47. The van der Waals surface area contributed by atoms with Gasteiger partial charge in [0.25, 0.3) is 0 Å². The van der Waals surface area contributed by atoms with E-state index in [1.54, 1.807) is 6.92 Å². The third-order valence-corrected chi connectivity index (χ3v) is 9.56. The number of ketones is 3. The zero-order valence-corrected chi connectivity index (χ0v) is 24.9. The number of Topliss-reactive ketones (excluding diaryl/α,β-unsaturated/α-hetero) is 3. The number of hydrogen-bond donors (Lipinski definition) is 4. The molecule has 4 N–H and O–H groups in total. The summed E-state index contributed by atoms with van der Waals surface area (Å²) in [7, 11) is 0. The molecule has 4 rings (SSSR count). The standard InChI is InChI=1S/C33H42O7/c1-15(2)10-11-19-12-20(16(3)4)21-13-31(8)14-32(9)24(17(5)6)27(36)22(18(7)34)29(38)33(32,40)30(39)25(31)28(37)23(21)26(19)35/h12,16-17,24,35-36,39-40H,1,10-11,13-14H2,2-9H3/t24?,31-,32-,33+/m1/s1. The van der Waals surface area contributed by atoms with Gasteiger partial charge in [-0.05, 0) is 68.1 Å². The van der Waals surface area contributed by atoms with Gasteiger partial charge < -0.3 is 20.4 Å². The van der Waals surface area contributed by atoms with Crippen LogP contribution in [0, 0.1) is 22.7 Å². The summed E-state index contributed by atoms with van der Waals surface area (Å²) in [6.45, 7) is 18.1. The summed E-state index contributed by atoms with van der Waals surface area (Å²) in [5.74, 6) is -4.92. The van der Waals surface area contributed by atoms with Crippen LogP contribution in [0.4, 0.5) is 0 Å². The van der Waals surface area contributed by atoms with Gasteiger partial charge in [-0.3, -0.25) is 14.4 Å². The Morgan fingerprint density at radius 3 is 2.20 bits per heavy atom. The van der Waals surface area contributed by atoms with Crippen molar-refractivity contribution in [2.75, 3.05) is 0 Å². The summed E-state index contributed by atoms with van der Waals surface area (Å²) in [6, 6.07) is 1.95. The molecule has 1 aromatic rings. The van der Waals surface area contributed by atoms with Crippen molar-refractivity contribution in [2.45, 2.75) is 92.6 Å². The fourth-order valence-corrected chi connectivity index (χ4v) is 7.94. The van der Waals surface area contributed by atoms with E-state index >= 15 is 0 Å².